The molecule has 0 fully saturated rings. The summed E-state index contributed by atoms with van der Waals surface area (Å²) < 4.78 is 1.69. The van der Waals surface area contributed by atoms with Gasteiger partial charge in [-0.15, -0.1) is 11.3 Å². The summed E-state index contributed by atoms with van der Waals surface area (Å²) in [6.07, 6.45) is 1.85. The van der Waals surface area contributed by atoms with Gasteiger partial charge in [0.05, 0.1) is 5.69 Å². The fourth-order valence-corrected chi connectivity index (χ4v) is 3.08. The van der Waals surface area contributed by atoms with Crippen molar-refractivity contribution in [2.75, 3.05) is 0 Å². The van der Waals surface area contributed by atoms with Crippen molar-refractivity contribution in [1.29, 1.82) is 0 Å². The Labute approximate surface area is 115 Å². The Bertz CT molecular complexity index is 759. The minimum absolute atomic E-state index is 0.00792. The van der Waals surface area contributed by atoms with E-state index in [9.17, 15) is 4.79 Å². The lowest BCUT2D eigenvalue weighted by Gasteiger charge is -2.02. The van der Waals surface area contributed by atoms with Gasteiger partial charge in [0.1, 0.15) is 0 Å². The normalized spacial score (nSPS) is 11.0. The maximum atomic E-state index is 12.3. The van der Waals surface area contributed by atoms with E-state index in [1.807, 2.05) is 35.7 Å². The zero-order valence-electron chi connectivity index (χ0n) is 10.7. The van der Waals surface area contributed by atoms with E-state index < -0.39 is 0 Å². The molecule has 3 aromatic rings. The summed E-state index contributed by atoms with van der Waals surface area (Å²) in [7, 11) is 0. The van der Waals surface area contributed by atoms with Crippen molar-refractivity contribution in [3.63, 3.8) is 0 Å². The van der Waals surface area contributed by atoms with Gasteiger partial charge in [0.2, 0.25) is 0 Å². The van der Waals surface area contributed by atoms with Crippen LogP contribution >= 0.6 is 11.3 Å². The number of rotatable bonds is 3. The van der Waals surface area contributed by atoms with Crippen LogP contribution in [0.4, 0.5) is 0 Å². The number of aromatic nitrogens is 2. The van der Waals surface area contributed by atoms with Gasteiger partial charge in [-0.1, -0.05) is 43.7 Å². The van der Waals surface area contributed by atoms with Crippen LogP contribution in [0.2, 0.25) is 0 Å². The van der Waals surface area contributed by atoms with E-state index in [1.165, 1.54) is 11.3 Å². The fraction of sp³-hybridized carbons (Fsp3) is 0.200. The van der Waals surface area contributed by atoms with E-state index in [-0.39, 0.29) is 5.56 Å². The highest BCUT2D eigenvalue weighted by atomic mass is 32.1. The highest BCUT2D eigenvalue weighted by molar-refractivity contribution is 7.15. The topological polar surface area (TPSA) is 34.4 Å². The number of nitrogens with zero attached hydrogens (tertiary/aromatic N) is 2. The summed E-state index contributed by atoms with van der Waals surface area (Å²) in [6, 6.07) is 11.6. The maximum Gasteiger partial charge on any atom is 0.259 e. The third kappa shape index (κ3) is 2.19. The minimum atomic E-state index is 0.00792. The summed E-state index contributed by atoms with van der Waals surface area (Å²) in [5.41, 5.74) is 2.85. The first-order valence-corrected chi connectivity index (χ1v) is 7.23. The van der Waals surface area contributed by atoms with Crippen molar-refractivity contribution in [2.24, 2.45) is 0 Å². The second-order valence-corrected chi connectivity index (χ2v) is 5.28. The Morgan fingerprint density at radius 3 is 2.79 bits per heavy atom. The van der Waals surface area contributed by atoms with Gasteiger partial charge in [0, 0.05) is 17.1 Å². The summed E-state index contributed by atoms with van der Waals surface area (Å²) >= 11 is 1.51. The van der Waals surface area contributed by atoms with Crippen LogP contribution in [0.25, 0.3) is 16.2 Å². The highest BCUT2D eigenvalue weighted by Gasteiger charge is 2.10. The molecule has 4 heteroatoms. The second kappa shape index (κ2) is 4.97. The van der Waals surface area contributed by atoms with Crippen LogP contribution in [0.3, 0.4) is 0 Å². The Balaban J connectivity index is 2.22. The number of fused-ring (bicyclic) bond motifs is 1. The molecule has 2 heterocycles. The van der Waals surface area contributed by atoms with E-state index >= 15 is 0 Å². The predicted octanol–water partition coefficient (Wildman–Crippen LogP) is 3.38. The number of benzene rings is 1. The van der Waals surface area contributed by atoms with Crippen molar-refractivity contribution in [2.45, 2.75) is 19.8 Å². The van der Waals surface area contributed by atoms with Crippen molar-refractivity contribution in [1.82, 2.24) is 9.38 Å². The van der Waals surface area contributed by atoms with Crippen molar-refractivity contribution in [3.8, 4) is 11.3 Å². The molecule has 0 bridgehead atoms. The first kappa shape index (κ1) is 12.1. The molecule has 2 aromatic heterocycles. The van der Waals surface area contributed by atoms with E-state index in [0.717, 1.165) is 34.8 Å². The molecule has 1 aromatic carbocycles. The van der Waals surface area contributed by atoms with Gasteiger partial charge in [-0.2, -0.15) is 0 Å². The summed E-state index contributed by atoms with van der Waals surface area (Å²) in [5, 5.41) is 1.99. The van der Waals surface area contributed by atoms with Crippen LogP contribution in [0.1, 0.15) is 19.0 Å². The van der Waals surface area contributed by atoms with Gasteiger partial charge in [-0.05, 0) is 12.0 Å². The Morgan fingerprint density at radius 2 is 2.05 bits per heavy atom. The molecule has 19 heavy (non-hydrogen) atoms. The molecule has 3 nitrogen and oxygen atoms in total. The zero-order chi connectivity index (χ0) is 13.2. The predicted molar refractivity (Wildman–Crippen MR) is 78.8 cm³/mol. The fourth-order valence-electron chi connectivity index (χ4n) is 2.16. The zero-order valence-corrected chi connectivity index (χ0v) is 11.5. The Morgan fingerprint density at radius 1 is 1.26 bits per heavy atom. The molecule has 3 rings (SSSR count). The van der Waals surface area contributed by atoms with E-state index in [0.29, 0.717) is 0 Å². The first-order chi connectivity index (χ1) is 9.29. The van der Waals surface area contributed by atoms with Crippen LogP contribution in [-0.4, -0.2) is 9.38 Å². The average molecular weight is 270 g/mol. The number of aryl methyl sites for hydroxylation is 1. The molecule has 0 saturated carbocycles. The molecule has 0 amide bonds. The molecule has 0 spiro atoms. The van der Waals surface area contributed by atoms with Gasteiger partial charge in [-0.25, -0.2) is 4.98 Å². The molecule has 0 unspecified atom stereocenters. The van der Waals surface area contributed by atoms with Crippen LogP contribution < -0.4 is 5.56 Å². The number of thiazole rings is 1. The monoisotopic (exact) mass is 270 g/mol. The standard InChI is InChI=1S/C15H14N2OS/c1-2-6-12-9-14(18)17-13(10-19-15(17)16-12)11-7-4-3-5-8-11/h3-5,7-10H,2,6H2,1H3. The lowest BCUT2D eigenvalue weighted by molar-refractivity contribution is 0.873. The largest absolute Gasteiger partial charge is 0.269 e. The molecule has 0 aliphatic heterocycles. The molecule has 0 aliphatic rings. The second-order valence-electron chi connectivity index (χ2n) is 4.44. The minimum Gasteiger partial charge on any atom is -0.269 e. The van der Waals surface area contributed by atoms with Crippen LogP contribution in [-0.2, 0) is 6.42 Å². The molecule has 0 aliphatic carbocycles. The average Bonchev–Trinajstić information content (AvgIpc) is 2.84. The van der Waals surface area contributed by atoms with Crippen molar-refractivity contribution < 1.29 is 0 Å². The van der Waals surface area contributed by atoms with Gasteiger partial charge < -0.3 is 0 Å². The molecule has 0 radical (unpaired) electrons. The summed E-state index contributed by atoms with van der Waals surface area (Å²) in [4.78, 5) is 17.6. The third-order valence-corrected chi connectivity index (χ3v) is 3.86. The molecule has 0 atom stereocenters. The first-order valence-electron chi connectivity index (χ1n) is 6.35. The highest BCUT2D eigenvalue weighted by Crippen LogP contribution is 2.23. The molecule has 96 valence electrons. The summed E-state index contributed by atoms with van der Waals surface area (Å²) in [5.74, 6) is 0. The summed E-state index contributed by atoms with van der Waals surface area (Å²) in [6.45, 7) is 2.09. The molecular weight excluding hydrogens is 256 g/mol. The SMILES string of the molecule is CCCc1cc(=O)n2c(-c3ccccc3)csc2n1. The lowest BCUT2D eigenvalue weighted by atomic mass is 10.2. The van der Waals surface area contributed by atoms with Crippen molar-refractivity contribution in [3.05, 3.63) is 57.8 Å². The molecule has 0 N–H and O–H groups in total. The van der Waals surface area contributed by atoms with Crippen LogP contribution in [0, 0.1) is 0 Å². The smallest absolute Gasteiger partial charge is 0.259 e. The third-order valence-electron chi connectivity index (χ3n) is 3.03. The van der Waals surface area contributed by atoms with E-state index in [1.54, 1.807) is 10.5 Å². The van der Waals surface area contributed by atoms with Gasteiger partial charge >= 0.3 is 0 Å². The van der Waals surface area contributed by atoms with E-state index in [2.05, 4.69) is 11.9 Å². The van der Waals surface area contributed by atoms with Crippen LogP contribution in [0.5, 0.6) is 0 Å². The lowest BCUT2D eigenvalue weighted by Crippen LogP contribution is -2.14. The van der Waals surface area contributed by atoms with Gasteiger partial charge in [0.15, 0.2) is 4.96 Å². The van der Waals surface area contributed by atoms with Crippen LogP contribution in [0.15, 0.2) is 46.6 Å². The molecule has 0 saturated heterocycles. The van der Waals surface area contributed by atoms with Gasteiger partial charge in [-0.3, -0.25) is 9.20 Å². The van der Waals surface area contributed by atoms with Gasteiger partial charge in [0.25, 0.3) is 5.56 Å². The van der Waals surface area contributed by atoms with Crippen molar-refractivity contribution >= 4 is 16.3 Å². The quantitative estimate of drug-likeness (QED) is 0.731. The Hall–Kier alpha value is -1.94. The van der Waals surface area contributed by atoms with E-state index in [4.69, 9.17) is 0 Å². The molecular formula is C15H14N2OS. The number of hydrogen-bond donors (Lipinski definition) is 0. The number of hydrogen-bond acceptors (Lipinski definition) is 3. The maximum absolute atomic E-state index is 12.3. The Kier molecular flexibility index (Phi) is 3.17.